The third kappa shape index (κ3) is 4.19. The average molecular weight is 321 g/mol. The van der Waals surface area contributed by atoms with E-state index >= 15 is 0 Å². The number of anilines is 1. The van der Waals surface area contributed by atoms with Crippen LogP contribution in [0.25, 0.3) is 0 Å². The molecule has 1 heterocycles. The molecule has 1 aromatic heterocycles. The van der Waals surface area contributed by atoms with E-state index in [0.717, 1.165) is 30.4 Å². The predicted molar refractivity (Wildman–Crippen MR) is 81.2 cm³/mol. The average Bonchev–Trinajstić information content (AvgIpc) is 2.94. The molecule has 0 aliphatic heterocycles. The third-order valence-corrected chi connectivity index (χ3v) is 3.53. The molecular formula is C12H13N6O3S-. The summed E-state index contributed by atoms with van der Waals surface area (Å²) in [5, 5.41) is 33.3. The van der Waals surface area contributed by atoms with Crippen LogP contribution in [0.2, 0.25) is 0 Å². The number of H-pyrrole nitrogens is 1. The molecule has 0 aliphatic rings. The van der Waals surface area contributed by atoms with Crippen molar-refractivity contribution in [3.63, 3.8) is 0 Å². The molecule has 10 heteroatoms. The van der Waals surface area contributed by atoms with E-state index in [4.69, 9.17) is 0 Å². The van der Waals surface area contributed by atoms with Gasteiger partial charge in [-0.3, -0.25) is 10.1 Å². The number of hydrazone groups is 1. The van der Waals surface area contributed by atoms with Crippen LogP contribution in [0.15, 0.2) is 28.5 Å². The molecule has 2 aromatic rings. The second-order valence-corrected chi connectivity index (χ2v) is 5.23. The van der Waals surface area contributed by atoms with E-state index in [1.165, 1.54) is 18.0 Å². The van der Waals surface area contributed by atoms with Crippen molar-refractivity contribution in [2.75, 3.05) is 11.2 Å². The van der Waals surface area contributed by atoms with Gasteiger partial charge < -0.3 is 5.11 Å². The first-order valence-corrected chi connectivity index (χ1v) is 7.38. The lowest BCUT2D eigenvalue weighted by molar-refractivity contribution is -0.385. The van der Waals surface area contributed by atoms with Crippen LogP contribution in [-0.4, -0.2) is 32.1 Å². The number of nitro groups is 1. The molecule has 1 aromatic carbocycles. The molecule has 0 saturated heterocycles. The minimum atomic E-state index is -0.572. The fourth-order valence-corrected chi connectivity index (χ4v) is 2.12. The second-order valence-electron chi connectivity index (χ2n) is 4.16. The highest BCUT2D eigenvalue weighted by molar-refractivity contribution is 7.99. The molecule has 2 N–H and O–H groups in total. The van der Waals surface area contributed by atoms with E-state index in [-0.39, 0.29) is 17.0 Å². The summed E-state index contributed by atoms with van der Waals surface area (Å²) >= 11 is 1.51. The molecule has 0 spiro atoms. The van der Waals surface area contributed by atoms with Gasteiger partial charge in [0.15, 0.2) is 0 Å². The highest BCUT2D eigenvalue weighted by Crippen LogP contribution is 2.19. The number of rotatable bonds is 7. The van der Waals surface area contributed by atoms with E-state index in [0.29, 0.717) is 11.1 Å². The number of aromatic amines is 1. The molecule has 0 radical (unpaired) electrons. The first-order valence-electron chi connectivity index (χ1n) is 6.40. The van der Waals surface area contributed by atoms with Crippen molar-refractivity contribution in [2.45, 2.75) is 18.5 Å². The second kappa shape index (κ2) is 7.41. The van der Waals surface area contributed by atoms with Gasteiger partial charge in [-0.25, -0.2) is 10.5 Å². The quantitative estimate of drug-likeness (QED) is 0.343. The number of non-ortho nitro benzene ring substituents is 1. The maximum Gasteiger partial charge on any atom is 0.270 e. The topological polar surface area (TPSA) is 132 Å². The number of hydrogen-bond donors (Lipinski definition) is 2. The Bertz CT molecular complexity index is 687. The molecule has 116 valence electrons. The summed E-state index contributed by atoms with van der Waals surface area (Å²) in [6, 6.07) is 3.45. The number of thioether (sulfide) groups is 1. The van der Waals surface area contributed by atoms with Crippen molar-refractivity contribution in [3.8, 4) is 5.75 Å². The van der Waals surface area contributed by atoms with E-state index in [9.17, 15) is 15.2 Å². The Balaban J connectivity index is 2.01. The zero-order chi connectivity index (χ0) is 15.9. The van der Waals surface area contributed by atoms with Crippen molar-refractivity contribution in [3.05, 3.63) is 33.9 Å². The van der Waals surface area contributed by atoms with Crippen LogP contribution in [0.3, 0.4) is 0 Å². The highest BCUT2D eigenvalue weighted by Gasteiger charge is 2.05. The normalized spacial score (nSPS) is 11.0. The fraction of sp³-hybridized carbons (Fsp3) is 0.250. The Labute approximate surface area is 130 Å². The molecule has 2 rings (SSSR count). The molecule has 9 nitrogen and oxygen atoms in total. The molecule has 0 atom stereocenters. The van der Waals surface area contributed by atoms with Gasteiger partial charge in [-0.1, -0.05) is 30.5 Å². The lowest BCUT2D eigenvalue weighted by atomic mass is 10.2. The Kier molecular flexibility index (Phi) is 5.31. The fourth-order valence-electron chi connectivity index (χ4n) is 1.47. The van der Waals surface area contributed by atoms with E-state index < -0.39 is 4.92 Å². The van der Waals surface area contributed by atoms with Gasteiger partial charge in [0.05, 0.1) is 11.1 Å². The van der Waals surface area contributed by atoms with Crippen LogP contribution in [0.1, 0.15) is 18.9 Å². The van der Waals surface area contributed by atoms with Gasteiger partial charge >= 0.3 is 0 Å². The van der Waals surface area contributed by atoms with Gasteiger partial charge in [-0.05, 0) is 12.0 Å². The standard InChI is InChI=1S/C12H14N6O3S/c1-2-5-22-12-14-11(16-17-12)15-13-7-8-6-9(18(20)21)3-4-10(8)19/h3-4,6-7,19H,2,5H2,1H3,(H2,14,15,16,17)/p-1/b13-7-. The molecule has 0 fully saturated rings. The molecular weight excluding hydrogens is 308 g/mol. The monoisotopic (exact) mass is 321 g/mol. The van der Waals surface area contributed by atoms with E-state index in [1.54, 1.807) is 0 Å². The third-order valence-electron chi connectivity index (χ3n) is 2.48. The minimum Gasteiger partial charge on any atom is -0.872 e. The van der Waals surface area contributed by atoms with Crippen LogP contribution in [0.5, 0.6) is 5.75 Å². The van der Waals surface area contributed by atoms with Crippen molar-refractivity contribution in [1.82, 2.24) is 15.2 Å². The van der Waals surface area contributed by atoms with Crippen LogP contribution < -0.4 is 10.5 Å². The number of aromatic nitrogens is 3. The molecule has 0 saturated carbocycles. The Hall–Kier alpha value is -2.62. The smallest absolute Gasteiger partial charge is 0.270 e. The van der Waals surface area contributed by atoms with Crippen LogP contribution in [-0.2, 0) is 0 Å². The van der Waals surface area contributed by atoms with Crippen molar-refractivity contribution >= 4 is 29.6 Å². The van der Waals surface area contributed by atoms with Crippen molar-refractivity contribution in [2.24, 2.45) is 5.10 Å². The first-order chi connectivity index (χ1) is 10.6. The molecule has 0 unspecified atom stereocenters. The summed E-state index contributed by atoms with van der Waals surface area (Å²) < 4.78 is 0. The van der Waals surface area contributed by atoms with E-state index in [1.807, 2.05) is 0 Å². The number of nitrogens with one attached hydrogen (secondary N) is 2. The predicted octanol–water partition coefficient (Wildman–Crippen LogP) is 1.73. The van der Waals surface area contributed by atoms with Crippen molar-refractivity contribution in [1.29, 1.82) is 0 Å². The zero-order valence-corrected chi connectivity index (χ0v) is 12.5. The van der Waals surface area contributed by atoms with Gasteiger partial charge in [-0.2, -0.15) is 10.1 Å². The molecule has 22 heavy (non-hydrogen) atoms. The van der Waals surface area contributed by atoms with Gasteiger partial charge in [-0.15, -0.1) is 5.10 Å². The van der Waals surface area contributed by atoms with E-state index in [2.05, 4.69) is 32.6 Å². The van der Waals surface area contributed by atoms with Crippen LogP contribution in [0.4, 0.5) is 11.6 Å². The maximum atomic E-state index is 11.6. The van der Waals surface area contributed by atoms with Crippen LogP contribution in [0, 0.1) is 10.1 Å². The summed E-state index contributed by atoms with van der Waals surface area (Å²) in [6.07, 6.45) is 2.22. The summed E-state index contributed by atoms with van der Waals surface area (Å²) in [7, 11) is 0. The lowest BCUT2D eigenvalue weighted by Crippen LogP contribution is -1.99. The SMILES string of the molecule is CCCSc1n[nH]c(N/N=C\c2cc([N+](=O)[O-])ccc2[O-])n1. The number of nitro benzene ring substituents is 1. The maximum absolute atomic E-state index is 11.6. The number of hydrogen-bond acceptors (Lipinski definition) is 8. The van der Waals surface area contributed by atoms with Crippen LogP contribution >= 0.6 is 11.8 Å². The Morgan fingerprint density at radius 3 is 3.09 bits per heavy atom. The number of benzene rings is 1. The van der Waals surface area contributed by atoms with Gasteiger partial charge in [0, 0.05) is 17.9 Å². The van der Waals surface area contributed by atoms with Gasteiger partial charge in [0.25, 0.3) is 5.69 Å². The number of nitrogens with zero attached hydrogens (tertiary/aromatic N) is 4. The Morgan fingerprint density at radius 1 is 1.55 bits per heavy atom. The van der Waals surface area contributed by atoms with Gasteiger partial charge in [0.2, 0.25) is 11.1 Å². The largest absolute Gasteiger partial charge is 0.872 e. The molecule has 0 aliphatic carbocycles. The first kappa shape index (κ1) is 15.8. The highest BCUT2D eigenvalue weighted by atomic mass is 32.2. The minimum absolute atomic E-state index is 0.113. The summed E-state index contributed by atoms with van der Waals surface area (Å²) in [6.45, 7) is 2.06. The summed E-state index contributed by atoms with van der Waals surface area (Å²) in [5.74, 6) is 0.883. The molecule has 0 amide bonds. The summed E-state index contributed by atoms with van der Waals surface area (Å²) in [4.78, 5) is 14.2. The Morgan fingerprint density at radius 2 is 2.36 bits per heavy atom. The molecule has 0 bridgehead atoms. The van der Waals surface area contributed by atoms with Gasteiger partial charge in [0.1, 0.15) is 0 Å². The lowest BCUT2D eigenvalue weighted by Gasteiger charge is -2.08. The summed E-state index contributed by atoms with van der Waals surface area (Å²) in [5.41, 5.74) is 2.53. The zero-order valence-electron chi connectivity index (χ0n) is 11.6. The van der Waals surface area contributed by atoms with Crippen molar-refractivity contribution < 1.29 is 10.0 Å².